The molecule has 8 heteroatoms. The summed E-state index contributed by atoms with van der Waals surface area (Å²) < 4.78 is 1.60. The Morgan fingerprint density at radius 3 is 2.66 bits per heavy atom. The molecule has 1 aliphatic carbocycles. The number of H-pyrrole nitrogens is 2. The van der Waals surface area contributed by atoms with Gasteiger partial charge in [0.15, 0.2) is 0 Å². The second-order valence-corrected chi connectivity index (χ2v) is 9.02. The number of Topliss-reactive ketones (excluding diaryl/α,β-unsaturated/α-hetero) is 1. The van der Waals surface area contributed by atoms with Crippen LogP contribution in [0.5, 0.6) is 0 Å². The number of carbonyl (C=O) groups is 1. The van der Waals surface area contributed by atoms with E-state index in [1.165, 1.54) is 0 Å². The molecule has 0 unspecified atom stereocenters. The molecule has 162 valence electrons. The lowest BCUT2D eigenvalue weighted by Gasteiger charge is -2.26. The molecule has 6 rings (SSSR count). The van der Waals surface area contributed by atoms with Gasteiger partial charge >= 0.3 is 5.69 Å². The third-order valence-electron chi connectivity index (χ3n) is 6.85. The molecule has 1 atom stereocenters. The molecule has 0 amide bonds. The average Bonchev–Trinajstić information content (AvgIpc) is 3.19. The van der Waals surface area contributed by atoms with E-state index in [-0.39, 0.29) is 11.6 Å². The number of hydrogen-bond acceptors (Lipinski definition) is 5. The summed E-state index contributed by atoms with van der Waals surface area (Å²) >= 11 is 0. The Morgan fingerprint density at radius 1 is 1.09 bits per heavy atom. The van der Waals surface area contributed by atoms with Crippen molar-refractivity contribution in [1.29, 1.82) is 0 Å². The number of aromatic nitrogens is 5. The van der Waals surface area contributed by atoms with E-state index in [1.54, 1.807) is 10.8 Å². The van der Waals surface area contributed by atoms with Gasteiger partial charge in [-0.3, -0.25) is 9.89 Å². The summed E-state index contributed by atoms with van der Waals surface area (Å²) in [6.07, 6.45) is 5.03. The fraction of sp³-hybridized carbons (Fsp3) is 0.333. The van der Waals surface area contributed by atoms with Crippen LogP contribution in [-0.2, 0) is 11.2 Å². The van der Waals surface area contributed by atoms with Gasteiger partial charge in [0.05, 0.1) is 17.4 Å². The molecule has 0 radical (unpaired) electrons. The quantitative estimate of drug-likeness (QED) is 0.437. The molecule has 3 N–H and O–H groups in total. The van der Waals surface area contributed by atoms with Crippen LogP contribution in [0.15, 0.2) is 53.5 Å². The highest BCUT2D eigenvalue weighted by Crippen LogP contribution is 2.41. The molecule has 0 bridgehead atoms. The molecule has 2 aliphatic rings. The second-order valence-electron chi connectivity index (χ2n) is 9.02. The normalized spacial score (nSPS) is 20.8. The molecule has 8 nitrogen and oxygen atoms in total. The topological polar surface area (TPSA) is 108 Å². The van der Waals surface area contributed by atoms with Gasteiger partial charge in [-0.25, -0.2) is 14.5 Å². The number of fused-ring (bicyclic) bond motifs is 1. The first-order chi connectivity index (χ1) is 15.6. The first kappa shape index (κ1) is 19.2. The summed E-state index contributed by atoms with van der Waals surface area (Å²) in [4.78, 5) is 25.7. The van der Waals surface area contributed by atoms with Gasteiger partial charge in [0.25, 0.3) is 0 Å². The lowest BCUT2D eigenvalue weighted by molar-refractivity contribution is -0.129. The first-order valence-electron chi connectivity index (χ1n) is 11.1. The van der Waals surface area contributed by atoms with E-state index in [0.717, 1.165) is 53.5 Å². The Labute approximate surface area is 184 Å². The maximum atomic E-state index is 13.1. The average molecular weight is 428 g/mol. The van der Waals surface area contributed by atoms with Gasteiger partial charge in [-0.2, -0.15) is 10.2 Å². The van der Waals surface area contributed by atoms with Crippen molar-refractivity contribution < 1.29 is 4.79 Å². The zero-order valence-corrected chi connectivity index (χ0v) is 17.6. The van der Waals surface area contributed by atoms with Crippen LogP contribution in [0, 0.1) is 11.3 Å². The summed E-state index contributed by atoms with van der Waals surface area (Å²) in [5, 5.41) is 18.4. The monoisotopic (exact) mass is 428 g/mol. The van der Waals surface area contributed by atoms with Gasteiger partial charge in [-0.05, 0) is 55.1 Å². The van der Waals surface area contributed by atoms with Crippen molar-refractivity contribution in [2.75, 3.05) is 13.1 Å². The maximum Gasteiger partial charge on any atom is 0.347 e. The van der Waals surface area contributed by atoms with E-state index >= 15 is 0 Å². The van der Waals surface area contributed by atoms with Crippen LogP contribution in [0.25, 0.3) is 27.7 Å². The van der Waals surface area contributed by atoms with Crippen molar-refractivity contribution in [3.63, 3.8) is 0 Å². The van der Waals surface area contributed by atoms with E-state index in [4.69, 9.17) is 0 Å². The Balaban J connectivity index is 1.32. The number of ketones is 1. The maximum absolute atomic E-state index is 13.1. The minimum absolute atomic E-state index is 0.181. The summed E-state index contributed by atoms with van der Waals surface area (Å²) in [7, 11) is 0. The Morgan fingerprint density at radius 2 is 1.91 bits per heavy atom. The van der Waals surface area contributed by atoms with Gasteiger partial charge in [0.2, 0.25) is 0 Å². The molecule has 2 aromatic carbocycles. The van der Waals surface area contributed by atoms with Crippen LogP contribution in [0.2, 0.25) is 0 Å². The first-order valence-corrected chi connectivity index (χ1v) is 11.1. The van der Waals surface area contributed by atoms with Crippen molar-refractivity contribution in [1.82, 2.24) is 30.3 Å². The van der Waals surface area contributed by atoms with Crippen molar-refractivity contribution in [2.24, 2.45) is 11.3 Å². The highest BCUT2D eigenvalue weighted by atomic mass is 16.2. The Bertz CT molecular complexity index is 1350. The SMILES string of the molecule is O=C(C1CC1)[C@]1(Cc2n[nH]c(=O)n2-c2ccc(-c3ccc4cn[nH]c4c3)cc2)CCNC1. The minimum atomic E-state index is -0.468. The molecule has 3 heterocycles. The van der Waals surface area contributed by atoms with Crippen LogP contribution >= 0.6 is 0 Å². The largest absolute Gasteiger partial charge is 0.347 e. The van der Waals surface area contributed by atoms with Gasteiger partial charge in [0.1, 0.15) is 11.6 Å². The highest BCUT2D eigenvalue weighted by Gasteiger charge is 2.48. The third-order valence-corrected chi connectivity index (χ3v) is 6.85. The molecule has 0 spiro atoms. The molecular formula is C24H24N6O2. The zero-order chi connectivity index (χ0) is 21.7. The Hall–Kier alpha value is -3.52. The van der Waals surface area contributed by atoms with Gasteiger partial charge in [0, 0.05) is 29.7 Å². The fourth-order valence-electron chi connectivity index (χ4n) is 4.91. The second kappa shape index (κ2) is 7.27. The predicted octanol–water partition coefficient (Wildman–Crippen LogP) is 2.61. The zero-order valence-electron chi connectivity index (χ0n) is 17.6. The molecule has 2 fully saturated rings. The van der Waals surface area contributed by atoms with Gasteiger partial charge in [-0.1, -0.05) is 24.3 Å². The van der Waals surface area contributed by atoms with E-state index in [9.17, 15) is 9.59 Å². The van der Waals surface area contributed by atoms with E-state index < -0.39 is 5.41 Å². The lowest BCUT2D eigenvalue weighted by Crippen LogP contribution is -2.38. The smallest absolute Gasteiger partial charge is 0.316 e. The third kappa shape index (κ3) is 3.18. The van der Waals surface area contributed by atoms with Crippen LogP contribution in [0.1, 0.15) is 25.1 Å². The Kier molecular flexibility index (Phi) is 4.36. The van der Waals surface area contributed by atoms with Crippen molar-refractivity contribution in [3.8, 4) is 16.8 Å². The van der Waals surface area contributed by atoms with Crippen LogP contribution < -0.4 is 11.0 Å². The van der Waals surface area contributed by atoms with E-state index in [0.29, 0.717) is 24.6 Å². The van der Waals surface area contributed by atoms with Gasteiger partial charge in [-0.15, -0.1) is 0 Å². The van der Waals surface area contributed by atoms with Crippen LogP contribution in [-0.4, -0.2) is 43.8 Å². The van der Waals surface area contributed by atoms with Crippen molar-refractivity contribution in [3.05, 3.63) is 65.0 Å². The number of hydrogen-bond donors (Lipinski definition) is 3. The number of carbonyl (C=O) groups excluding carboxylic acids is 1. The van der Waals surface area contributed by atoms with E-state index in [2.05, 4.69) is 37.8 Å². The molecule has 2 aromatic heterocycles. The number of nitrogens with zero attached hydrogens (tertiary/aromatic N) is 3. The van der Waals surface area contributed by atoms with Gasteiger partial charge < -0.3 is 5.32 Å². The number of benzene rings is 2. The van der Waals surface area contributed by atoms with Crippen LogP contribution in [0.4, 0.5) is 0 Å². The molecule has 4 aromatic rings. The number of nitrogens with one attached hydrogen (secondary N) is 3. The fourth-order valence-corrected chi connectivity index (χ4v) is 4.91. The summed E-state index contributed by atoms with van der Waals surface area (Å²) in [6, 6.07) is 14.0. The molecular weight excluding hydrogens is 404 g/mol. The summed E-state index contributed by atoms with van der Waals surface area (Å²) in [6.45, 7) is 1.47. The van der Waals surface area contributed by atoms with Crippen molar-refractivity contribution in [2.45, 2.75) is 25.7 Å². The van der Waals surface area contributed by atoms with Crippen LogP contribution in [0.3, 0.4) is 0 Å². The molecule has 1 saturated heterocycles. The van der Waals surface area contributed by atoms with E-state index in [1.807, 2.05) is 30.3 Å². The molecule has 1 aliphatic heterocycles. The summed E-state index contributed by atoms with van der Waals surface area (Å²) in [5.74, 6) is 1.12. The summed E-state index contributed by atoms with van der Waals surface area (Å²) in [5.41, 5.74) is 3.08. The standard InChI is InChI=1S/C24H24N6O2/c31-22(16-1-2-16)24(9-10-25-14-24)12-21-28-29-23(32)30(21)19-7-5-15(6-8-19)17-3-4-18-13-26-27-20(18)11-17/h3-8,11,13,16,25H,1-2,9-10,12,14H2,(H,26,27)(H,29,32)/t24-/m0/s1. The number of rotatable bonds is 6. The number of aromatic amines is 2. The lowest BCUT2D eigenvalue weighted by atomic mass is 9.77. The predicted molar refractivity (Wildman–Crippen MR) is 121 cm³/mol. The minimum Gasteiger partial charge on any atom is -0.316 e. The molecule has 32 heavy (non-hydrogen) atoms. The molecule has 1 saturated carbocycles. The van der Waals surface area contributed by atoms with Crippen molar-refractivity contribution >= 4 is 16.7 Å². The highest BCUT2D eigenvalue weighted by molar-refractivity contribution is 5.89.